The highest BCUT2D eigenvalue weighted by Crippen LogP contribution is 2.37. The van der Waals surface area contributed by atoms with Crippen LogP contribution in [0, 0.1) is 13.8 Å². The summed E-state index contributed by atoms with van der Waals surface area (Å²) in [6.07, 6.45) is 0.834. The summed E-state index contributed by atoms with van der Waals surface area (Å²) in [7, 11) is 0. The highest BCUT2D eigenvalue weighted by molar-refractivity contribution is 6.06. The number of benzene rings is 2. The van der Waals surface area contributed by atoms with E-state index < -0.39 is 18.0 Å². The fourth-order valence-corrected chi connectivity index (χ4v) is 4.08. The van der Waals surface area contributed by atoms with Gasteiger partial charge in [0.25, 0.3) is 5.91 Å². The van der Waals surface area contributed by atoms with Crippen LogP contribution in [0.5, 0.6) is 0 Å². The molecule has 7 heteroatoms. The lowest BCUT2D eigenvalue weighted by molar-refractivity contribution is -0.123. The van der Waals surface area contributed by atoms with Crippen LogP contribution in [0.1, 0.15) is 41.3 Å². The van der Waals surface area contributed by atoms with Gasteiger partial charge in [0.2, 0.25) is 5.91 Å². The van der Waals surface area contributed by atoms with Crippen molar-refractivity contribution in [2.45, 2.75) is 45.8 Å². The molecule has 4 rings (SSSR count). The molecule has 2 aromatic rings. The molecular formula is C23H25N3O4. The maximum atomic E-state index is 12.6. The van der Waals surface area contributed by atoms with E-state index in [1.165, 1.54) is 6.92 Å². The van der Waals surface area contributed by atoms with Crippen LogP contribution in [0.15, 0.2) is 36.4 Å². The molecule has 7 nitrogen and oxygen atoms in total. The van der Waals surface area contributed by atoms with Crippen molar-refractivity contribution in [3.8, 4) is 0 Å². The number of nitrogens with one attached hydrogen (secondary N) is 2. The van der Waals surface area contributed by atoms with Crippen molar-refractivity contribution in [3.63, 3.8) is 0 Å². The van der Waals surface area contributed by atoms with Crippen LogP contribution in [0.2, 0.25) is 0 Å². The van der Waals surface area contributed by atoms with Crippen molar-refractivity contribution >= 4 is 34.8 Å². The third kappa shape index (κ3) is 3.63. The zero-order valence-electron chi connectivity index (χ0n) is 17.3. The quantitative estimate of drug-likeness (QED) is 0.759. The number of rotatable bonds is 4. The molecule has 0 spiro atoms. The minimum Gasteiger partial charge on any atom is -0.449 e. The second kappa shape index (κ2) is 7.82. The molecule has 1 saturated heterocycles. The summed E-state index contributed by atoms with van der Waals surface area (Å²) in [5, 5.41) is 5.72. The smallest absolute Gasteiger partial charge is 0.338 e. The fourth-order valence-electron chi connectivity index (χ4n) is 4.08. The van der Waals surface area contributed by atoms with Gasteiger partial charge in [0.05, 0.1) is 16.9 Å². The van der Waals surface area contributed by atoms with Crippen molar-refractivity contribution in [2.24, 2.45) is 0 Å². The number of amides is 2. The first-order valence-corrected chi connectivity index (χ1v) is 10.1. The van der Waals surface area contributed by atoms with E-state index in [-0.39, 0.29) is 11.9 Å². The van der Waals surface area contributed by atoms with Crippen molar-refractivity contribution in [3.05, 3.63) is 53.1 Å². The molecule has 0 bridgehead atoms. The van der Waals surface area contributed by atoms with Crippen LogP contribution in [0.4, 0.5) is 17.1 Å². The molecular weight excluding hydrogens is 382 g/mol. The topological polar surface area (TPSA) is 87.7 Å². The van der Waals surface area contributed by atoms with Gasteiger partial charge in [0.1, 0.15) is 6.04 Å². The molecule has 0 radical (unpaired) electrons. The molecule has 2 aliphatic heterocycles. The Morgan fingerprint density at radius 1 is 1.20 bits per heavy atom. The van der Waals surface area contributed by atoms with Gasteiger partial charge in [-0.05, 0) is 62.9 Å². The number of fused-ring (bicyclic) bond motifs is 3. The third-order valence-corrected chi connectivity index (χ3v) is 5.74. The normalized spacial score (nSPS) is 18.2. The maximum absolute atomic E-state index is 12.6. The largest absolute Gasteiger partial charge is 0.449 e. The van der Waals surface area contributed by atoms with Gasteiger partial charge in [-0.25, -0.2) is 4.79 Å². The van der Waals surface area contributed by atoms with Gasteiger partial charge in [-0.1, -0.05) is 18.2 Å². The number of ether oxygens (including phenoxy) is 1. The predicted molar refractivity (Wildman–Crippen MR) is 115 cm³/mol. The first-order valence-electron chi connectivity index (χ1n) is 10.1. The Kier molecular flexibility index (Phi) is 5.20. The van der Waals surface area contributed by atoms with Crippen molar-refractivity contribution < 1.29 is 19.1 Å². The second-order valence-electron chi connectivity index (χ2n) is 7.88. The minimum absolute atomic E-state index is 0.0492. The summed E-state index contributed by atoms with van der Waals surface area (Å²) in [6, 6.07) is 10.7. The third-order valence-electron chi connectivity index (χ3n) is 5.74. The van der Waals surface area contributed by atoms with Gasteiger partial charge in [-0.2, -0.15) is 0 Å². The van der Waals surface area contributed by atoms with Gasteiger partial charge in [0.15, 0.2) is 6.10 Å². The Balaban J connectivity index is 1.46. The number of carbonyl (C=O) groups is 3. The summed E-state index contributed by atoms with van der Waals surface area (Å²) < 4.78 is 5.38. The van der Waals surface area contributed by atoms with Crippen LogP contribution in [0.25, 0.3) is 0 Å². The molecule has 2 N–H and O–H groups in total. The van der Waals surface area contributed by atoms with E-state index in [0.29, 0.717) is 11.3 Å². The zero-order chi connectivity index (χ0) is 21.4. The molecule has 2 aliphatic rings. The van der Waals surface area contributed by atoms with Crippen LogP contribution in [-0.4, -0.2) is 36.5 Å². The number of hydrogen-bond acceptors (Lipinski definition) is 5. The first kappa shape index (κ1) is 19.9. The standard InChI is InChI=1S/C23H25N3O4/c1-13-6-4-7-14(2)20(13)25-21(27)15(3)30-23(29)16-9-10-18-17(12-16)24-22(28)19-8-5-11-26(18)19/h4,6-7,9-10,12,15,19H,5,8,11H2,1-3H3,(H,24,28)(H,25,27)/t15-,19-/m1/s1. The van der Waals surface area contributed by atoms with E-state index in [1.807, 2.05) is 38.1 Å². The lowest BCUT2D eigenvalue weighted by Crippen LogP contribution is -2.43. The number of aryl methyl sites for hydroxylation is 2. The lowest BCUT2D eigenvalue weighted by Gasteiger charge is -2.33. The highest BCUT2D eigenvalue weighted by atomic mass is 16.5. The highest BCUT2D eigenvalue weighted by Gasteiger charge is 2.36. The van der Waals surface area contributed by atoms with Gasteiger partial charge in [0, 0.05) is 12.2 Å². The fraction of sp³-hybridized carbons (Fsp3) is 0.348. The Bertz CT molecular complexity index is 1010. The van der Waals surface area contributed by atoms with Crippen LogP contribution < -0.4 is 15.5 Å². The predicted octanol–water partition coefficient (Wildman–Crippen LogP) is 3.41. The summed E-state index contributed by atoms with van der Waals surface area (Å²) in [5.74, 6) is -1.06. The SMILES string of the molecule is Cc1cccc(C)c1NC(=O)[C@@H](C)OC(=O)c1ccc2c(c1)NC(=O)[C@H]1CCCN21. The molecule has 30 heavy (non-hydrogen) atoms. The van der Waals surface area contributed by atoms with E-state index in [2.05, 4.69) is 15.5 Å². The molecule has 2 amide bonds. The Morgan fingerprint density at radius 3 is 2.67 bits per heavy atom. The van der Waals surface area contributed by atoms with Crippen LogP contribution >= 0.6 is 0 Å². The summed E-state index contributed by atoms with van der Waals surface area (Å²) in [4.78, 5) is 39.5. The molecule has 2 heterocycles. The minimum atomic E-state index is -0.968. The zero-order valence-corrected chi connectivity index (χ0v) is 17.3. The lowest BCUT2D eigenvalue weighted by atomic mass is 10.1. The molecule has 0 saturated carbocycles. The molecule has 2 aromatic carbocycles. The number of carbonyl (C=O) groups excluding carboxylic acids is 3. The Morgan fingerprint density at radius 2 is 1.93 bits per heavy atom. The average Bonchev–Trinajstić information content (AvgIpc) is 3.21. The maximum Gasteiger partial charge on any atom is 0.338 e. The second-order valence-corrected chi connectivity index (χ2v) is 7.88. The number of para-hydroxylation sites is 1. The number of hydrogen-bond donors (Lipinski definition) is 2. The molecule has 156 valence electrons. The van der Waals surface area contributed by atoms with Crippen molar-refractivity contribution in [2.75, 3.05) is 22.1 Å². The first-order chi connectivity index (χ1) is 14.3. The van der Waals surface area contributed by atoms with Crippen LogP contribution in [0.3, 0.4) is 0 Å². The molecule has 0 aliphatic carbocycles. The summed E-state index contributed by atoms with van der Waals surface area (Å²) in [6.45, 7) is 6.18. The summed E-state index contributed by atoms with van der Waals surface area (Å²) >= 11 is 0. The van der Waals surface area contributed by atoms with Crippen LogP contribution in [-0.2, 0) is 14.3 Å². The van der Waals surface area contributed by atoms with Gasteiger partial charge in [-0.3, -0.25) is 9.59 Å². The summed E-state index contributed by atoms with van der Waals surface area (Å²) in [5.41, 5.74) is 4.40. The molecule has 1 fully saturated rings. The Labute approximate surface area is 175 Å². The average molecular weight is 407 g/mol. The Hall–Kier alpha value is -3.35. The molecule has 0 aromatic heterocycles. The van der Waals surface area contributed by atoms with Gasteiger partial charge >= 0.3 is 5.97 Å². The van der Waals surface area contributed by atoms with E-state index in [0.717, 1.165) is 41.9 Å². The molecule has 2 atom stereocenters. The molecule has 0 unspecified atom stereocenters. The number of nitrogens with zero attached hydrogens (tertiary/aromatic N) is 1. The van der Waals surface area contributed by atoms with E-state index >= 15 is 0 Å². The van der Waals surface area contributed by atoms with Gasteiger partial charge in [-0.15, -0.1) is 0 Å². The number of esters is 1. The van der Waals surface area contributed by atoms with E-state index in [4.69, 9.17) is 4.74 Å². The van der Waals surface area contributed by atoms with E-state index in [9.17, 15) is 14.4 Å². The van der Waals surface area contributed by atoms with Crippen molar-refractivity contribution in [1.29, 1.82) is 0 Å². The van der Waals surface area contributed by atoms with Crippen molar-refractivity contribution in [1.82, 2.24) is 0 Å². The number of anilines is 3. The monoisotopic (exact) mass is 407 g/mol. The van der Waals surface area contributed by atoms with Gasteiger partial charge < -0.3 is 20.3 Å². The van der Waals surface area contributed by atoms with E-state index in [1.54, 1.807) is 12.1 Å².